The van der Waals surface area contributed by atoms with Crippen LogP contribution in [-0.2, 0) is 0 Å². The van der Waals surface area contributed by atoms with Crippen molar-refractivity contribution in [3.05, 3.63) is 30.5 Å². The van der Waals surface area contributed by atoms with Crippen LogP contribution in [0.1, 0.15) is 20.3 Å². The van der Waals surface area contributed by atoms with E-state index < -0.39 is 0 Å². The van der Waals surface area contributed by atoms with E-state index in [9.17, 15) is 9.90 Å². The maximum Gasteiger partial charge on any atom is 0.319 e. The Balaban J connectivity index is 1.84. The highest BCUT2D eigenvalue weighted by Gasteiger charge is 2.08. The molecule has 2 rings (SSSR count). The molecule has 0 radical (unpaired) electrons. The van der Waals surface area contributed by atoms with E-state index in [4.69, 9.17) is 0 Å². The van der Waals surface area contributed by atoms with E-state index in [0.29, 0.717) is 13.0 Å². The van der Waals surface area contributed by atoms with Gasteiger partial charge in [0.25, 0.3) is 0 Å². The summed E-state index contributed by atoms with van der Waals surface area (Å²) in [4.78, 5) is 14.9. The van der Waals surface area contributed by atoms with Crippen molar-refractivity contribution >= 4 is 22.6 Å². The van der Waals surface area contributed by atoms with E-state index in [-0.39, 0.29) is 18.1 Å². The number of aliphatic hydroxyl groups excluding tert-OH is 1. The molecule has 2 amide bonds. The van der Waals surface area contributed by atoms with Crippen LogP contribution in [0.25, 0.3) is 10.9 Å². The number of nitrogens with one attached hydrogen (secondary N) is 3. The molecular weight excluding hydrogens is 254 g/mol. The molecule has 0 bridgehead atoms. The summed E-state index contributed by atoms with van der Waals surface area (Å²) < 4.78 is 0. The molecule has 1 aromatic heterocycles. The SMILES string of the molecule is CC(O)CC(C)CNC(=O)Nc1ccc2[nH]ccc2c1. The molecule has 0 saturated carbocycles. The van der Waals surface area contributed by atoms with Crippen LogP contribution in [0.5, 0.6) is 0 Å². The van der Waals surface area contributed by atoms with Gasteiger partial charge in [0.15, 0.2) is 0 Å². The number of aromatic nitrogens is 1. The van der Waals surface area contributed by atoms with Gasteiger partial charge >= 0.3 is 6.03 Å². The molecule has 1 aromatic carbocycles. The predicted molar refractivity (Wildman–Crippen MR) is 80.8 cm³/mol. The Morgan fingerprint density at radius 3 is 2.90 bits per heavy atom. The lowest BCUT2D eigenvalue weighted by molar-refractivity contribution is 0.163. The molecule has 108 valence electrons. The normalized spacial score (nSPS) is 13.9. The zero-order valence-electron chi connectivity index (χ0n) is 11.8. The summed E-state index contributed by atoms with van der Waals surface area (Å²) in [5.74, 6) is 0.243. The van der Waals surface area contributed by atoms with Crippen molar-refractivity contribution < 1.29 is 9.90 Å². The average Bonchev–Trinajstić information content (AvgIpc) is 2.83. The third kappa shape index (κ3) is 3.99. The van der Waals surface area contributed by atoms with E-state index in [1.807, 2.05) is 37.4 Å². The summed E-state index contributed by atoms with van der Waals surface area (Å²) in [6.07, 6.45) is 2.20. The molecule has 1 heterocycles. The lowest BCUT2D eigenvalue weighted by Gasteiger charge is -2.14. The molecule has 2 atom stereocenters. The Hall–Kier alpha value is -2.01. The second-order valence-electron chi connectivity index (χ2n) is 5.30. The third-order valence-corrected chi connectivity index (χ3v) is 3.17. The second kappa shape index (κ2) is 6.43. The van der Waals surface area contributed by atoms with Crippen molar-refractivity contribution in [1.29, 1.82) is 0 Å². The van der Waals surface area contributed by atoms with E-state index in [2.05, 4.69) is 15.6 Å². The molecule has 0 fully saturated rings. The van der Waals surface area contributed by atoms with Crippen LogP contribution in [0, 0.1) is 5.92 Å². The Morgan fingerprint density at radius 2 is 2.15 bits per heavy atom. The number of hydrogen-bond acceptors (Lipinski definition) is 2. The van der Waals surface area contributed by atoms with Crippen LogP contribution >= 0.6 is 0 Å². The van der Waals surface area contributed by atoms with Gasteiger partial charge in [-0.2, -0.15) is 0 Å². The molecule has 4 N–H and O–H groups in total. The minimum absolute atomic E-state index is 0.225. The molecule has 2 unspecified atom stereocenters. The first kappa shape index (κ1) is 14.4. The van der Waals surface area contributed by atoms with Gasteiger partial charge < -0.3 is 20.7 Å². The highest BCUT2D eigenvalue weighted by Crippen LogP contribution is 2.17. The molecule has 5 heteroatoms. The molecule has 0 saturated heterocycles. The minimum Gasteiger partial charge on any atom is -0.393 e. The topological polar surface area (TPSA) is 77.2 Å². The number of aliphatic hydroxyl groups is 1. The molecule has 2 aromatic rings. The Morgan fingerprint density at radius 1 is 1.35 bits per heavy atom. The summed E-state index contributed by atoms with van der Waals surface area (Å²) in [5, 5.41) is 15.9. The van der Waals surface area contributed by atoms with Gasteiger partial charge in [0.1, 0.15) is 0 Å². The molecule has 0 aliphatic rings. The molecular formula is C15H21N3O2. The number of urea groups is 1. The van der Waals surface area contributed by atoms with E-state index >= 15 is 0 Å². The first-order valence-electron chi connectivity index (χ1n) is 6.84. The third-order valence-electron chi connectivity index (χ3n) is 3.17. The van der Waals surface area contributed by atoms with Crippen molar-refractivity contribution in [1.82, 2.24) is 10.3 Å². The van der Waals surface area contributed by atoms with Crippen LogP contribution in [0.2, 0.25) is 0 Å². The van der Waals surface area contributed by atoms with Crippen molar-refractivity contribution in [2.24, 2.45) is 5.92 Å². The number of rotatable bonds is 5. The van der Waals surface area contributed by atoms with Gasteiger partial charge in [-0.1, -0.05) is 6.92 Å². The number of H-pyrrole nitrogens is 1. The zero-order valence-corrected chi connectivity index (χ0v) is 11.8. The summed E-state index contributed by atoms with van der Waals surface area (Å²) in [7, 11) is 0. The van der Waals surface area contributed by atoms with E-state index in [1.54, 1.807) is 6.92 Å². The van der Waals surface area contributed by atoms with Gasteiger partial charge in [-0.05, 0) is 43.5 Å². The van der Waals surface area contributed by atoms with Crippen LogP contribution in [0.3, 0.4) is 0 Å². The van der Waals surface area contributed by atoms with Crippen LogP contribution in [-0.4, -0.2) is 28.8 Å². The lowest BCUT2D eigenvalue weighted by atomic mass is 10.1. The van der Waals surface area contributed by atoms with Crippen molar-refractivity contribution in [2.75, 3.05) is 11.9 Å². The summed E-state index contributed by atoms with van der Waals surface area (Å²) >= 11 is 0. The lowest BCUT2D eigenvalue weighted by Crippen LogP contribution is -2.33. The van der Waals surface area contributed by atoms with E-state index in [0.717, 1.165) is 16.6 Å². The monoisotopic (exact) mass is 275 g/mol. The number of carbonyl (C=O) groups is 1. The van der Waals surface area contributed by atoms with Crippen LogP contribution in [0.15, 0.2) is 30.5 Å². The van der Waals surface area contributed by atoms with Gasteiger partial charge in [0.2, 0.25) is 0 Å². The predicted octanol–water partition coefficient (Wildman–Crippen LogP) is 2.70. The highest BCUT2D eigenvalue weighted by atomic mass is 16.3. The quantitative estimate of drug-likeness (QED) is 0.677. The standard InChI is InChI=1S/C15H21N3O2/c1-10(7-11(2)19)9-17-15(20)18-13-3-4-14-12(8-13)5-6-16-14/h3-6,8,10-11,16,19H,7,9H2,1-2H3,(H2,17,18,20). The number of carbonyl (C=O) groups excluding carboxylic acids is 1. The van der Waals surface area contributed by atoms with Gasteiger partial charge in [0.05, 0.1) is 6.10 Å². The fraction of sp³-hybridized carbons (Fsp3) is 0.400. The molecule has 0 aliphatic carbocycles. The smallest absolute Gasteiger partial charge is 0.319 e. The van der Waals surface area contributed by atoms with Gasteiger partial charge in [-0.25, -0.2) is 4.79 Å². The van der Waals surface area contributed by atoms with Crippen molar-refractivity contribution in [3.8, 4) is 0 Å². The minimum atomic E-state index is -0.342. The molecule has 0 spiro atoms. The fourth-order valence-electron chi connectivity index (χ4n) is 2.24. The number of anilines is 1. The average molecular weight is 275 g/mol. The Kier molecular flexibility index (Phi) is 4.63. The first-order valence-corrected chi connectivity index (χ1v) is 6.84. The van der Waals surface area contributed by atoms with Crippen molar-refractivity contribution in [3.63, 3.8) is 0 Å². The largest absolute Gasteiger partial charge is 0.393 e. The molecule has 0 aliphatic heterocycles. The zero-order chi connectivity index (χ0) is 14.5. The number of fused-ring (bicyclic) bond motifs is 1. The summed E-state index contributed by atoms with van der Waals surface area (Å²) in [5.41, 5.74) is 1.80. The van der Waals surface area contributed by atoms with Crippen LogP contribution in [0.4, 0.5) is 10.5 Å². The van der Waals surface area contributed by atoms with E-state index in [1.165, 1.54) is 0 Å². The van der Waals surface area contributed by atoms with Gasteiger partial charge in [-0.3, -0.25) is 0 Å². The molecule has 20 heavy (non-hydrogen) atoms. The first-order chi connectivity index (χ1) is 9.54. The number of benzene rings is 1. The highest BCUT2D eigenvalue weighted by molar-refractivity contribution is 5.92. The fourth-order valence-corrected chi connectivity index (χ4v) is 2.24. The van der Waals surface area contributed by atoms with Gasteiger partial charge in [0, 0.05) is 29.3 Å². The van der Waals surface area contributed by atoms with Gasteiger partial charge in [-0.15, -0.1) is 0 Å². The van der Waals surface area contributed by atoms with Crippen molar-refractivity contribution in [2.45, 2.75) is 26.4 Å². The maximum atomic E-state index is 11.8. The Labute approximate surface area is 118 Å². The number of amides is 2. The Bertz CT molecular complexity index is 577. The maximum absolute atomic E-state index is 11.8. The summed E-state index contributed by atoms with van der Waals surface area (Å²) in [6, 6.07) is 7.45. The summed E-state index contributed by atoms with van der Waals surface area (Å²) in [6.45, 7) is 4.30. The van der Waals surface area contributed by atoms with Crippen LogP contribution < -0.4 is 10.6 Å². The molecule has 5 nitrogen and oxygen atoms in total. The number of aromatic amines is 1. The second-order valence-corrected chi connectivity index (χ2v) is 5.30. The number of hydrogen-bond donors (Lipinski definition) is 4.